The average molecular weight is 252 g/mol. The van der Waals surface area contributed by atoms with Crippen molar-refractivity contribution in [3.8, 4) is 0 Å². The van der Waals surface area contributed by atoms with E-state index in [-0.39, 0.29) is 17.9 Å². The van der Waals surface area contributed by atoms with Gasteiger partial charge in [0.1, 0.15) is 5.69 Å². The lowest BCUT2D eigenvalue weighted by Crippen LogP contribution is -2.32. The van der Waals surface area contributed by atoms with Gasteiger partial charge in [0.25, 0.3) is 5.91 Å². The van der Waals surface area contributed by atoms with Gasteiger partial charge < -0.3 is 16.2 Å². The fourth-order valence-electron chi connectivity index (χ4n) is 2.22. The summed E-state index contributed by atoms with van der Waals surface area (Å²) in [7, 11) is 1.71. The number of anilines is 1. The molecule has 0 aromatic carbocycles. The van der Waals surface area contributed by atoms with Crippen LogP contribution in [0.3, 0.4) is 0 Å². The van der Waals surface area contributed by atoms with Crippen LogP contribution in [-0.2, 0) is 7.05 Å². The second-order valence-corrected chi connectivity index (χ2v) is 5.13. The average Bonchev–Trinajstić information content (AvgIpc) is 3.02. The van der Waals surface area contributed by atoms with E-state index < -0.39 is 0 Å². The first kappa shape index (κ1) is 12.9. The van der Waals surface area contributed by atoms with Crippen LogP contribution in [0, 0.1) is 12.3 Å². The predicted octanol–water partition coefficient (Wildman–Crippen LogP) is 0.203. The van der Waals surface area contributed by atoms with Crippen LogP contribution in [0.4, 0.5) is 5.69 Å². The minimum Gasteiger partial charge on any atom is -0.396 e. The third kappa shape index (κ3) is 2.33. The van der Waals surface area contributed by atoms with E-state index in [4.69, 9.17) is 10.8 Å². The highest BCUT2D eigenvalue weighted by Gasteiger charge is 2.42. The molecule has 6 nitrogen and oxygen atoms in total. The summed E-state index contributed by atoms with van der Waals surface area (Å²) in [5, 5.41) is 16.0. The van der Waals surface area contributed by atoms with E-state index in [2.05, 4.69) is 10.4 Å². The summed E-state index contributed by atoms with van der Waals surface area (Å²) in [6.07, 6.45) is 2.87. The first-order valence-corrected chi connectivity index (χ1v) is 6.17. The van der Waals surface area contributed by atoms with Gasteiger partial charge in [-0.3, -0.25) is 9.48 Å². The predicted molar refractivity (Wildman–Crippen MR) is 68.1 cm³/mol. The highest BCUT2D eigenvalue weighted by molar-refractivity contribution is 5.97. The summed E-state index contributed by atoms with van der Waals surface area (Å²) in [6.45, 7) is 2.54. The van der Waals surface area contributed by atoms with Crippen LogP contribution in [0.1, 0.15) is 35.4 Å². The summed E-state index contributed by atoms with van der Waals surface area (Å²) in [6, 6.07) is 0. The minimum absolute atomic E-state index is 0.104. The Bertz CT molecular complexity index is 463. The number of carbonyl (C=O) groups is 1. The summed E-state index contributed by atoms with van der Waals surface area (Å²) in [5.74, 6) is -0.195. The Morgan fingerprint density at radius 3 is 2.72 bits per heavy atom. The van der Waals surface area contributed by atoms with Gasteiger partial charge in [-0.2, -0.15) is 5.10 Å². The van der Waals surface area contributed by atoms with E-state index in [0.29, 0.717) is 23.6 Å². The Kier molecular flexibility index (Phi) is 3.30. The number of aliphatic hydroxyl groups is 1. The molecule has 0 radical (unpaired) electrons. The maximum atomic E-state index is 12.1. The largest absolute Gasteiger partial charge is 0.396 e. The van der Waals surface area contributed by atoms with Crippen LogP contribution < -0.4 is 11.1 Å². The van der Waals surface area contributed by atoms with Crippen molar-refractivity contribution in [2.24, 2.45) is 12.5 Å². The summed E-state index contributed by atoms with van der Waals surface area (Å²) in [4.78, 5) is 12.1. The molecule has 1 aromatic rings. The standard InChI is InChI=1S/C12H20N4O2/c1-8-9(13)10(16(2)15-8)11(18)14-7-12(3-4-12)5-6-17/h17H,3-7,13H2,1-2H3,(H,14,18). The molecule has 0 spiro atoms. The third-order valence-electron chi connectivity index (χ3n) is 3.71. The molecular formula is C12H20N4O2. The molecule has 0 bridgehead atoms. The van der Waals surface area contributed by atoms with Crippen LogP contribution in [0.5, 0.6) is 0 Å². The van der Waals surface area contributed by atoms with E-state index in [1.165, 1.54) is 4.68 Å². The molecule has 6 heteroatoms. The lowest BCUT2D eigenvalue weighted by atomic mass is 10.0. The second-order valence-electron chi connectivity index (χ2n) is 5.13. The van der Waals surface area contributed by atoms with E-state index in [1.807, 2.05) is 0 Å². The molecule has 1 saturated carbocycles. The number of nitrogens with two attached hydrogens (primary N) is 1. The number of nitrogen functional groups attached to an aromatic ring is 1. The van der Waals surface area contributed by atoms with Gasteiger partial charge in [0.05, 0.1) is 11.4 Å². The second kappa shape index (κ2) is 4.61. The normalized spacial score (nSPS) is 16.6. The highest BCUT2D eigenvalue weighted by atomic mass is 16.3. The molecule has 100 valence electrons. The minimum atomic E-state index is -0.195. The Morgan fingerprint density at radius 2 is 2.28 bits per heavy atom. The van der Waals surface area contributed by atoms with Crippen LogP contribution in [0.15, 0.2) is 0 Å². The molecule has 1 heterocycles. The van der Waals surface area contributed by atoms with Crippen LogP contribution in [0.2, 0.25) is 0 Å². The molecule has 0 aliphatic heterocycles. The number of hydrogen-bond donors (Lipinski definition) is 3. The number of carbonyl (C=O) groups excluding carboxylic acids is 1. The van der Waals surface area contributed by atoms with Crippen molar-refractivity contribution in [3.05, 3.63) is 11.4 Å². The summed E-state index contributed by atoms with van der Waals surface area (Å²) in [5.41, 5.74) is 7.45. The molecular weight excluding hydrogens is 232 g/mol. The Balaban J connectivity index is 2.00. The quantitative estimate of drug-likeness (QED) is 0.698. The van der Waals surface area contributed by atoms with Crippen molar-refractivity contribution in [3.63, 3.8) is 0 Å². The van der Waals surface area contributed by atoms with Crippen molar-refractivity contribution in [2.75, 3.05) is 18.9 Å². The smallest absolute Gasteiger partial charge is 0.271 e. The fraction of sp³-hybridized carbons (Fsp3) is 0.667. The number of aliphatic hydroxyl groups excluding tert-OH is 1. The van der Waals surface area contributed by atoms with Gasteiger partial charge >= 0.3 is 0 Å². The number of nitrogens with zero attached hydrogens (tertiary/aromatic N) is 2. The highest BCUT2D eigenvalue weighted by Crippen LogP contribution is 2.47. The number of aryl methyl sites for hydroxylation is 2. The lowest BCUT2D eigenvalue weighted by Gasteiger charge is -2.14. The van der Waals surface area contributed by atoms with Crippen molar-refractivity contribution >= 4 is 11.6 Å². The number of amides is 1. The number of nitrogens with one attached hydrogen (secondary N) is 1. The molecule has 0 saturated heterocycles. The van der Waals surface area contributed by atoms with Crippen molar-refractivity contribution in [1.29, 1.82) is 0 Å². The molecule has 0 unspecified atom stereocenters. The van der Waals surface area contributed by atoms with Crippen molar-refractivity contribution in [2.45, 2.75) is 26.2 Å². The van der Waals surface area contributed by atoms with Crippen LogP contribution >= 0.6 is 0 Å². The van der Waals surface area contributed by atoms with Crippen LogP contribution in [0.25, 0.3) is 0 Å². The van der Waals surface area contributed by atoms with Crippen molar-refractivity contribution < 1.29 is 9.90 Å². The van der Waals surface area contributed by atoms with Gasteiger partial charge in [0.2, 0.25) is 0 Å². The van der Waals surface area contributed by atoms with E-state index in [1.54, 1.807) is 14.0 Å². The Morgan fingerprint density at radius 1 is 1.61 bits per heavy atom. The molecule has 0 atom stereocenters. The molecule has 1 aromatic heterocycles. The molecule has 1 fully saturated rings. The van der Waals surface area contributed by atoms with Gasteiger partial charge in [-0.15, -0.1) is 0 Å². The zero-order valence-electron chi connectivity index (χ0n) is 10.9. The first-order chi connectivity index (χ1) is 8.49. The van der Waals surface area contributed by atoms with Gasteiger partial charge in [0.15, 0.2) is 0 Å². The number of hydrogen-bond acceptors (Lipinski definition) is 4. The molecule has 1 aliphatic carbocycles. The molecule has 4 N–H and O–H groups in total. The van der Waals surface area contributed by atoms with Crippen LogP contribution in [-0.4, -0.2) is 33.9 Å². The maximum absolute atomic E-state index is 12.1. The topological polar surface area (TPSA) is 93.2 Å². The van der Waals surface area contributed by atoms with Crippen molar-refractivity contribution in [1.82, 2.24) is 15.1 Å². The monoisotopic (exact) mass is 252 g/mol. The lowest BCUT2D eigenvalue weighted by molar-refractivity contribution is 0.0932. The molecule has 1 amide bonds. The van der Waals surface area contributed by atoms with Gasteiger partial charge in [-0.25, -0.2) is 0 Å². The number of aromatic nitrogens is 2. The summed E-state index contributed by atoms with van der Waals surface area (Å²) >= 11 is 0. The van der Waals surface area contributed by atoms with E-state index >= 15 is 0 Å². The SMILES string of the molecule is Cc1nn(C)c(C(=O)NCC2(CCO)CC2)c1N. The zero-order valence-corrected chi connectivity index (χ0v) is 10.9. The molecule has 18 heavy (non-hydrogen) atoms. The van der Waals surface area contributed by atoms with Gasteiger partial charge in [-0.05, 0) is 31.6 Å². The van der Waals surface area contributed by atoms with E-state index in [0.717, 1.165) is 19.3 Å². The molecule has 2 rings (SSSR count). The Hall–Kier alpha value is -1.56. The zero-order chi connectivity index (χ0) is 13.3. The fourth-order valence-corrected chi connectivity index (χ4v) is 2.22. The first-order valence-electron chi connectivity index (χ1n) is 6.17. The maximum Gasteiger partial charge on any atom is 0.271 e. The summed E-state index contributed by atoms with van der Waals surface area (Å²) < 4.78 is 1.51. The number of rotatable bonds is 5. The molecule has 1 aliphatic rings. The Labute approximate surface area is 106 Å². The van der Waals surface area contributed by atoms with E-state index in [9.17, 15) is 4.79 Å². The third-order valence-corrected chi connectivity index (χ3v) is 3.71. The van der Waals surface area contributed by atoms with Gasteiger partial charge in [0, 0.05) is 20.2 Å². The van der Waals surface area contributed by atoms with Gasteiger partial charge in [-0.1, -0.05) is 0 Å².